The van der Waals surface area contributed by atoms with Crippen molar-refractivity contribution in [1.29, 1.82) is 0 Å². The minimum atomic E-state index is 0.575. The SMILES string of the molecule is c1ccc(-c2nc(-c3ccc(-n4c5ccccc5c5cc6ccccc6cc54)c(-c4cccc5oc6ccccc6c45)c3)nc(-c3ccc4oc5ccccc5c4c3)n2)cc1. The predicted molar refractivity (Wildman–Crippen MR) is 248 cm³/mol. The summed E-state index contributed by atoms with van der Waals surface area (Å²) in [6.07, 6.45) is 0. The van der Waals surface area contributed by atoms with Gasteiger partial charge in [0, 0.05) is 54.6 Å². The highest BCUT2D eigenvalue weighted by atomic mass is 16.3. The number of aromatic nitrogens is 4. The summed E-state index contributed by atoms with van der Waals surface area (Å²) in [6, 6.07) is 67.6. The summed E-state index contributed by atoms with van der Waals surface area (Å²) in [4.78, 5) is 15.6. The van der Waals surface area contributed by atoms with E-state index < -0.39 is 0 Å². The van der Waals surface area contributed by atoms with Gasteiger partial charge in [0.05, 0.1) is 16.7 Å². The van der Waals surface area contributed by atoms with E-state index >= 15 is 0 Å². The Balaban J connectivity index is 1.10. The van der Waals surface area contributed by atoms with Crippen LogP contribution in [0, 0.1) is 0 Å². The molecule has 13 aromatic rings. The summed E-state index contributed by atoms with van der Waals surface area (Å²) < 4.78 is 15.1. The van der Waals surface area contributed by atoms with Gasteiger partial charge in [-0.15, -0.1) is 0 Å². The minimum Gasteiger partial charge on any atom is -0.456 e. The van der Waals surface area contributed by atoms with Gasteiger partial charge in [0.2, 0.25) is 0 Å². The Morgan fingerprint density at radius 3 is 1.74 bits per heavy atom. The molecule has 61 heavy (non-hydrogen) atoms. The molecule has 0 unspecified atom stereocenters. The van der Waals surface area contributed by atoms with Gasteiger partial charge in [-0.2, -0.15) is 0 Å². The average molecular weight is 781 g/mol. The Morgan fingerprint density at radius 1 is 0.328 bits per heavy atom. The zero-order valence-electron chi connectivity index (χ0n) is 32.6. The summed E-state index contributed by atoms with van der Waals surface area (Å²) in [5.41, 5.74) is 11.4. The molecule has 0 fully saturated rings. The molecule has 13 rings (SSSR count). The Hall–Kier alpha value is -8.35. The van der Waals surface area contributed by atoms with Gasteiger partial charge in [-0.25, -0.2) is 15.0 Å². The Kier molecular flexibility index (Phi) is 7.21. The van der Waals surface area contributed by atoms with Crippen molar-refractivity contribution >= 4 is 76.5 Å². The van der Waals surface area contributed by atoms with Gasteiger partial charge in [-0.3, -0.25) is 0 Å². The smallest absolute Gasteiger partial charge is 0.164 e. The van der Waals surface area contributed by atoms with Crippen molar-refractivity contribution in [3.8, 4) is 51.0 Å². The van der Waals surface area contributed by atoms with Gasteiger partial charge in [0.25, 0.3) is 0 Å². The topological polar surface area (TPSA) is 69.9 Å². The van der Waals surface area contributed by atoms with Gasteiger partial charge in [-0.05, 0) is 89.1 Å². The summed E-state index contributed by atoms with van der Waals surface area (Å²) >= 11 is 0. The Labute approximate surface area is 348 Å². The van der Waals surface area contributed by atoms with E-state index in [4.69, 9.17) is 23.8 Å². The van der Waals surface area contributed by atoms with E-state index in [0.29, 0.717) is 17.5 Å². The lowest BCUT2D eigenvalue weighted by Crippen LogP contribution is -2.02. The first kappa shape index (κ1) is 33.6. The molecule has 284 valence electrons. The molecule has 0 atom stereocenters. The van der Waals surface area contributed by atoms with Crippen molar-refractivity contribution in [3.63, 3.8) is 0 Å². The fourth-order valence-electron chi connectivity index (χ4n) is 9.22. The molecule has 0 aliphatic heterocycles. The summed E-state index contributed by atoms with van der Waals surface area (Å²) in [7, 11) is 0. The number of rotatable bonds is 5. The molecular weight excluding hydrogens is 749 g/mol. The number of hydrogen-bond donors (Lipinski definition) is 0. The molecular formula is C55H32N4O2. The number of para-hydroxylation sites is 3. The Morgan fingerprint density at radius 2 is 0.918 bits per heavy atom. The second kappa shape index (κ2) is 13.1. The van der Waals surface area contributed by atoms with Crippen LogP contribution in [0.25, 0.3) is 127 Å². The van der Waals surface area contributed by atoms with E-state index in [-0.39, 0.29) is 0 Å². The van der Waals surface area contributed by atoms with E-state index in [0.717, 1.165) is 88.4 Å². The number of benzene rings is 9. The molecule has 0 amide bonds. The van der Waals surface area contributed by atoms with Gasteiger partial charge < -0.3 is 13.4 Å². The summed E-state index contributed by atoms with van der Waals surface area (Å²) in [6.45, 7) is 0. The molecule has 0 saturated carbocycles. The lowest BCUT2D eigenvalue weighted by molar-refractivity contribution is 0.668. The van der Waals surface area contributed by atoms with Gasteiger partial charge >= 0.3 is 0 Å². The van der Waals surface area contributed by atoms with Gasteiger partial charge in [0.1, 0.15) is 22.3 Å². The highest BCUT2D eigenvalue weighted by Gasteiger charge is 2.22. The van der Waals surface area contributed by atoms with Crippen LogP contribution in [-0.4, -0.2) is 19.5 Å². The van der Waals surface area contributed by atoms with Crippen molar-refractivity contribution in [3.05, 3.63) is 194 Å². The minimum absolute atomic E-state index is 0.575. The zero-order chi connectivity index (χ0) is 40.0. The molecule has 9 aromatic carbocycles. The normalized spacial score (nSPS) is 11.9. The van der Waals surface area contributed by atoms with E-state index in [2.05, 4.69) is 126 Å². The molecule has 0 N–H and O–H groups in total. The maximum absolute atomic E-state index is 6.48. The van der Waals surface area contributed by atoms with Crippen molar-refractivity contribution in [2.75, 3.05) is 0 Å². The first-order valence-corrected chi connectivity index (χ1v) is 20.4. The number of nitrogens with zero attached hydrogens (tertiary/aromatic N) is 4. The first-order valence-electron chi connectivity index (χ1n) is 20.4. The summed E-state index contributed by atoms with van der Waals surface area (Å²) in [5, 5.41) is 8.99. The molecule has 0 aliphatic rings. The second-order valence-corrected chi connectivity index (χ2v) is 15.6. The van der Waals surface area contributed by atoms with Gasteiger partial charge in [-0.1, -0.05) is 121 Å². The van der Waals surface area contributed by atoms with Crippen LogP contribution in [0.5, 0.6) is 0 Å². The Bertz CT molecular complexity index is 3900. The fourth-order valence-corrected chi connectivity index (χ4v) is 9.22. The molecule has 6 nitrogen and oxygen atoms in total. The third-order valence-corrected chi connectivity index (χ3v) is 12.0. The maximum Gasteiger partial charge on any atom is 0.164 e. The fraction of sp³-hybridized carbons (Fsp3) is 0. The molecule has 0 radical (unpaired) electrons. The van der Waals surface area contributed by atoms with Crippen LogP contribution in [-0.2, 0) is 0 Å². The molecule has 4 heterocycles. The van der Waals surface area contributed by atoms with Crippen LogP contribution in [0.1, 0.15) is 0 Å². The van der Waals surface area contributed by atoms with Crippen LogP contribution in [0.15, 0.2) is 203 Å². The van der Waals surface area contributed by atoms with E-state index in [9.17, 15) is 0 Å². The molecule has 0 bridgehead atoms. The van der Waals surface area contributed by atoms with Crippen molar-refractivity contribution in [2.24, 2.45) is 0 Å². The molecule has 6 heteroatoms. The predicted octanol–water partition coefficient (Wildman–Crippen LogP) is 14.6. The highest BCUT2D eigenvalue weighted by Crippen LogP contribution is 2.43. The molecule has 0 spiro atoms. The largest absolute Gasteiger partial charge is 0.456 e. The quantitative estimate of drug-likeness (QED) is 0.174. The first-order chi connectivity index (χ1) is 30.2. The van der Waals surface area contributed by atoms with Crippen LogP contribution in [0.2, 0.25) is 0 Å². The maximum atomic E-state index is 6.48. The van der Waals surface area contributed by atoms with Crippen LogP contribution >= 0.6 is 0 Å². The van der Waals surface area contributed by atoms with Crippen LogP contribution in [0.3, 0.4) is 0 Å². The van der Waals surface area contributed by atoms with Crippen LogP contribution in [0.4, 0.5) is 0 Å². The van der Waals surface area contributed by atoms with Crippen LogP contribution < -0.4 is 0 Å². The third-order valence-electron chi connectivity index (χ3n) is 12.0. The monoisotopic (exact) mass is 780 g/mol. The lowest BCUT2D eigenvalue weighted by atomic mass is 9.95. The number of fused-ring (bicyclic) bond motifs is 10. The average Bonchev–Trinajstić information content (AvgIpc) is 4.00. The summed E-state index contributed by atoms with van der Waals surface area (Å²) in [5.74, 6) is 1.76. The van der Waals surface area contributed by atoms with E-state index in [1.165, 1.54) is 21.5 Å². The van der Waals surface area contributed by atoms with Crippen molar-refractivity contribution in [2.45, 2.75) is 0 Å². The molecule has 0 saturated heterocycles. The lowest BCUT2D eigenvalue weighted by Gasteiger charge is -2.17. The highest BCUT2D eigenvalue weighted by molar-refractivity contribution is 6.16. The molecule has 4 aromatic heterocycles. The third kappa shape index (κ3) is 5.26. The van der Waals surface area contributed by atoms with Crippen molar-refractivity contribution < 1.29 is 8.83 Å². The van der Waals surface area contributed by atoms with Crippen molar-refractivity contribution in [1.82, 2.24) is 19.5 Å². The van der Waals surface area contributed by atoms with E-state index in [1.807, 2.05) is 72.8 Å². The zero-order valence-corrected chi connectivity index (χ0v) is 32.6. The molecule has 0 aliphatic carbocycles. The van der Waals surface area contributed by atoms with Gasteiger partial charge in [0.15, 0.2) is 17.5 Å². The second-order valence-electron chi connectivity index (χ2n) is 15.6. The standard InChI is InChI=1S/C55H32N4O2/c1-2-13-33(14-3-1)53-56-54(58-55(57-53)37-26-28-50-44(31-37)39-18-7-10-22-48(39)60-50)36-25-27-46(43(30-36)40-20-12-24-51-52(40)41-19-8-11-23-49(41)61-51)59-45-21-9-6-17-38(45)42-29-34-15-4-5-16-35(34)32-47(42)59/h1-32H. The number of furan rings is 2. The number of hydrogen-bond acceptors (Lipinski definition) is 5. The van der Waals surface area contributed by atoms with E-state index in [1.54, 1.807) is 0 Å².